The van der Waals surface area contributed by atoms with E-state index in [1.165, 1.54) is 0 Å². The van der Waals surface area contributed by atoms with Crippen LogP contribution in [0.3, 0.4) is 0 Å². The molecule has 79 heavy (non-hydrogen) atoms. The number of aliphatic hydroxyl groups is 8. The number of aryl methyl sites for hydroxylation is 1. The van der Waals surface area contributed by atoms with E-state index in [1.54, 1.807) is 53.0 Å². The molecule has 3 aliphatic heterocycles. The fraction of sp³-hybridized carbons (Fsp3) is 0.817. The van der Waals surface area contributed by atoms with E-state index in [1.807, 2.05) is 20.2 Å². The molecule has 1 aromatic carbocycles. The number of carbonyl (C=O) groups is 1. The fourth-order valence-electron chi connectivity index (χ4n) is 17.3. The quantitative estimate of drug-likeness (QED) is 0.0683. The number of fused-ring (bicyclic) bond motifs is 11. The Morgan fingerprint density at radius 3 is 2.51 bits per heavy atom. The molecular formula is C60H93N3O14S2. The highest BCUT2D eigenvalue weighted by molar-refractivity contribution is 8.77. The molecule has 4 heterocycles. The highest BCUT2D eigenvalue weighted by atomic mass is 33.1. The van der Waals surface area contributed by atoms with E-state index in [-0.39, 0.29) is 97.9 Å². The SMILES string of the molecule is CCOC(=O)CCc1cc2ccoc2c2c1O[C@@H]1O[C@@]3(CSS[C@]4(CC[C@]5(CC[C@H](CNC)C5)[C@H]4CC[C@]4(O)CC[C@@H](CO)[C@H](CNC)C4)[C@H](CC[C@H](C)CCC[C@H]3O)NCCO2)[C@]2(O)C[C@@H]3C=C[C@H](O)[C@@H](CO)[C@H]3[C@@]1(O)[C@H]2O. The Bertz CT molecular complexity index is 2440. The number of aliphatic hydroxyl groups excluding tert-OH is 5. The van der Waals surface area contributed by atoms with Crippen LogP contribution in [0.15, 0.2) is 35.0 Å². The van der Waals surface area contributed by atoms with Crippen LogP contribution in [-0.2, 0) is 20.7 Å². The zero-order valence-corrected chi connectivity index (χ0v) is 48.8. The van der Waals surface area contributed by atoms with Crippen molar-refractivity contribution < 1.29 is 69.0 Å². The van der Waals surface area contributed by atoms with Crippen molar-refractivity contribution in [1.29, 1.82) is 0 Å². The van der Waals surface area contributed by atoms with Crippen molar-refractivity contribution in [3.05, 3.63) is 36.1 Å². The molecule has 0 radical (unpaired) electrons. The molecule has 2 aromatic rings. The van der Waals surface area contributed by atoms with Gasteiger partial charge in [0, 0.05) is 59.9 Å². The van der Waals surface area contributed by atoms with Crippen molar-refractivity contribution >= 4 is 38.5 Å². The maximum atomic E-state index is 13.8. The number of rotatable bonds is 13. The van der Waals surface area contributed by atoms with Crippen molar-refractivity contribution in [2.24, 2.45) is 52.8 Å². The molecule has 0 unspecified atom stereocenters. The lowest BCUT2D eigenvalue weighted by Gasteiger charge is -2.67. The highest BCUT2D eigenvalue weighted by Gasteiger charge is 2.78. The lowest BCUT2D eigenvalue weighted by atomic mass is 9.50. The number of nitrogens with one attached hydrogen (secondary N) is 3. The number of hydrogen-bond donors (Lipinski definition) is 11. The van der Waals surface area contributed by atoms with Gasteiger partial charge in [0.2, 0.25) is 12.0 Å². The Hall–Kier alpha value is -2.21. The third-order valence-electron chi connectivity index (χ3n) is 21.3. The summed E-state index contributed by atoms with van der Waals surface area (Å²) in [5.41, 5.74) is -6.88. The summed E-state index contributed by atoms with van der Waals surface area (Å²) < 4.78 is 32.6. The molecule has 11 N–H and O–H groups in total. The normalized spacial score (nSPS) is 43.6. The largest absolute Gasteiger partial charge is 0.485 e. The van der Waals surface area contributed by atoms with Crippen LogP contribution in [0, 0.1) is 52.8 Å². The van der Waals surface area contributed by atoms with Gasteiger partial charge in [0.05, 0.1) is 30.7 Å². The van der Waals surface area contributed by atoms with Gasteiger partial charge in [-0.25, -0.2) is 0 Å². The Kier molecular flexibility index (Phi) is 18.5. The van der Waals surface area contributed by atoms with E-state index < -0.39 is 82.1 Å². The van der Waals surface area contributed by atoms with Gasteiger partial charge in [-0.2, -0.15) is 0 Å². The van der Waals surface area contributed by atoms with Crippen LogP contribution in [0.2, 0.25) is 0 Å². The van der Waals surface area contributed by atoms with Gasteiger partial charge in [0.1, 0.15) is 23.9 Å². The van der Waals surface area contributed by atoms with Gasteiger partial charge in [-0.15, -0.1) is 0 Å². The van der Waals surface area contributed by atoms with Crippen LogP contribution in [0.5, 0.6) is 11.5 Å². The maximum absolute atomic E-state index is 13.8. The van der Waals surface area contributed by atoms with Gasteiger partial charge in [-0.3, -0.25) is 4.79 Å². The van der Waals surface area contributed by atoms with Gasteiger partial charge in [0.25, 0.3) is 0 Å². The number of furan rings is 1. The number of allylic oxidation sites excluding steroid dienone is 1. The molecule has 3 spiro atoms. The summed E-state index contributed by atoms with van der Waals surface area (Å²) in [5.74, 6) is -1.83. The molecule has 19 atom stereocenters. The van der Waals surface area contributed by atoms with E-state index >= 15 is 0 Å². The monoisotopic (exact) mass is 1140 g/mol. The first-order chi connectivity index (χ1) is 38.0. The van der Waals surface area contributed by atoms with E-state index in [0.29, 0.717) is 54.7 Å². The first kappa shape index (κ1) is 59.9. The molecule has 0 amide bonds. The molecule has 4 saturated carbocycles. The molecule has 8 aliphatic rings. The van der Waals surface area contributed by atoms with Crippen LogP contribution in [-0.4, -0.2) is 171 Å². The summed E-state index contributed by atoms with van der Waals surface area (Å²) in [6, 6.07) is 3.58. The predicted molar refractivity (Wildman–Crippen MR) is 303 cm³/mol. The number of hydrogen-bond acceptors (Lipinski definition) is 19. The summed E-state index contributed by atoms with van der Waals surface area (Å²) >= 11 is 0. The molecule has 17 nitrogen and oxygen atoms in total. The Morgan fingerprint density at radius 1 is 0.911 bits per heavy atom. The minimum Gasteiger partial charge on any atom is -0.485 e. The van der Waals surface area contributed by atoms with Crippen molar-refractivity contribution in [2.45, 2.75) is 187 Å². The van der Waals surface area contributed by atoms with Crippen molar-refractivity contribution in [3.63, 3.8) is 0 Å². The Balaban J connectivity index is 1.14. The zero-order valence-electron chi connectivity index (χ0n) is 47.1. The van der Waals surface area contributed by atoms with Crippen LogP contribution < -0.4 is 25.4 Å². The van der Waals surface area contributed by atoms with Crippen molar-refractivity contribution in [2.75, 3.05) is 65.9 Å². The number of ether oxygens (including phenoxy) is 4. The average molecular weight is 1140 g/mol. The highest BCUT2D eigenvalue weighted by Crippen LogP contribution is 2.69. The Morgan fingerprint density at radius 2 is 1.73 bits per heavy atom. The molecule has 19 heteroatoms. The third kappa shape index (κ3) is 10.9. The first-order valence-electron chi connectivity index (χ1n) is 30.1. The molecular weight excluding hydrogens is 1050 g/mol. The lowest BCUT2D eigenvalue weighted by molar-refractivity contribution is -0.424. The van der Waals surface area contributed by atoms with E-state index in [0.717, 1.165) is 77.3 Å². The molecule has 1 aromatic heterocycles. The van der Waals surface area contributed by atoms with Gasteiger partial charge in [-0.1, -0.05) is 53.5 Å². The molecule has 5 aliphatic carbocycles. The van der Waals surface area contributed by atoms with Crippen LogP contribution in [0.4, 0.5) is 0 Å². The fourth-order valence-corrected chi connectivity index (χ4v) is 21.6. The Labute approximate surface area is 474 Å². The van der Waals surface area contributed by atoms with Gasteiger partial charge in [-0.05, 0) is 189 Å². The second kappa shape index (κ2) is 24.4. The van der Waals surface area contributed by atoms with Crippen LogP contribution in [0.1, 0.15) is 129 Å². The number of esters is 1. The zero-order chi connectivity index (χ0) is 56.0. The third-order valence-corrected chi connectivity index (χ3v) is 24.7. The van der Waals surface area contributed by atoms with Gasteiger partial charge in [0.15, 0.2) is 16.9 Å². The maximum Gasteiger partial charge on any atom is 0.306 e. The second-order valence-electron chi connectivity index (χ2n) is 25.8. The minimum absolute atomic E-state index is 0.0178. The summed E-state index contributed by atoms with van der Waals surface area (Å²) in [7, 11) is 7.32. The molecule has 444 valence electrons. The van der Waals surface area contributed by atoms with Gasteiger partial charge < -0.3 is 80.2 Å². The second-order valence-corrected chi connectivity index (χ2v) is 28.4. The minimum atomic E-state index is -2.51. The summed E-state index contributed by atoms with van der Waals surface area (Å²) in [6.07, 6.45) is 10.2. The number of benzene rings is 1. The summed E-state index contributed by atoms with van der Waals surface area (Å²) in [5, 5.41) is 111. The summed E-state index contributed by atoms with van der Waals surface area (Å²) in [4.78, 5) is 13.1. The lowest BCUT2D eigenvalue weighted by Crippen LogP contribution is -2.86. The van der Waals surface area contributed by atoms with Gasteiger partial charge >= 0.3 is 5.97 Å². The summed E-state index contributed by atoms with van der Waals surface area (Å²) in [6.45, 7) is 5.98. The average Bonchev–Trinajstić information content (AvgIpc) is 4.28. The van der Waals surface area contributed by atoms with E-state index in [4.69, 9.17) is 23.4 Å². The molecule has 6 fully saturated rings. The number of carbonyl (C=O) groups excluding carboxylic acids is 1. The molecule has 2 saturated heterocycles. The predicted octanol–water partition coefficient (Wildman–Crippen LogP) is 5.39. The topological polar surface area (TPSA) is 265 Å². The molecule has 10 rings (SSSR count). The van der Waals surface area contributed by atoms with Crippen LogP contribution in [0.25, 0.3) is 11.0 Å². The smallest absolute Gasteiger partial charge is 0.306 e. The van der Waals surface area contributed by atoms with E-state index in [9.17, 15) is 45.6 Å². The van der Waals surface area contributed by atoms with Crippen LogP contribution >= 0.6 is 21.6 Å². The van der Waals surface area contributed by atoms with Crippen molar-refractivity contribution in [1.82, 2.24) is 16.0 Å². The standard InChI is InChI=1S/C60H93N3O14S2/c1-5-73-48(68)14-11-38-27-39-18-25-74-50(39)52-51(38)76-54-60(72)49-40(10-12-44(66)43(49)34-65)30-58(71,53(60)69)59(77-54)35-78-79-57(46(63-24-26-75-52)13-9-36(2)7-6-8-47(59)67)23-22-55(19-15-37(28-55)31-61-3)45(57)17-21-56(70)20-16-41(33-64)42(29-56)32-62-4/h10,12,18,25,27,36-37,40-47,49,53-54,61-67,69-72H,5-9,11,13-17,19-24,26,28-35H2,1-4H3/t36-,37+,40+,41+,42+,43-,44+,45-,46+,47-,49+,53+,54-,55+,56-,57+,58+,59-,60-/m1/s1. The molecule has 5 bridgehead atoms. The van der Waals surface area contributed by atoms with Crippen molar-refractivity contribution in [3.8, 4) is 11.5 Å². The van der Waals surface area contributed by atoms with E-state index in [2.05, 4.69) is 22.9 Å². The first-order valence-corrected chi connectivity index (χ1v) is 32.4.